The van der Waals surface area contributed by atoms with E-state index in [4.69, 9.17) is 21.7 Å². The smallest absolute Gasteiger partial charge is 0.198 e. The van der Waals surface area contributed by atoms with Crippen molar-refractivity contribution in [2.24, 2.45) is 0 Å². The van der Waals surface area contributed by atoms with Crippen LogP contribution in [-0.4, -0.2) is 42.3 Å². The Morgan fingerprint density at radius 3 is 2.88 bits per heavy atom. The molecule has 2 heterocycles. The standard InChI is InChI=1S/C18H24N4O2S/c1-13-10-17(22-18(25)21-13)20-9-5-4-8-19-11-14-12-23-15-6-2-3-7-16(15)24-14/h2-3,6-7,10,14,19H,4-5,8-9,11-12H2,1H3,(H2,20,21,22,25). The number of hydrogen-bond donors (Lipinski definition) is 3. The van der Waals surface area contributed by atoms with Crippen LogP contribution in [0.25, 0.3) is 0 Å². The molecule has 25 heavy (non-hydrogen) atoms. The maximum absolute atomic E-state index is 5.92. The highest BCUT2D eigenvalue weighted by Gasteiger charge is 2.19. The molecule has 0 bridgehead atoms. The normalized spacial score (nSPS) is 15.8. The van der Waals surface area contributed by atoms with Crippen LogP contribution in [0.4, 0.5) is 5.82 Å². The van der Waals surface area contributed by atoms with Crippen LogP contribution in [0, 0.1) is 11.7 Å². The van der Waals surface area contributed by atoms with Crippen molar-refractivity contribution in [3.05, 3.63) is 40.8 Å². The maximum Gasteiger partial charge on any atom is 0.198 e. The zero-order valence-electron chi connectivity index (χ0n) is 14.4. The fourth-order valence-corrected chi connectivity index (χ4v) is 2.95. The Labute approximate surface area is 153 Å². The molecule has 134 valence electrons. The number of nitrogens with zero attached hydrogens (tertiary/aromatic N) is 1. The topological polar surface area (TPSA) is 71.2 Å². The largest absolute Gasteiger partial charge is 0.486 e. The Kier molecular flexibility index (Phi) is 6.25. The third kappa shape index (κ3) is 5.44. The molecule has 0 aliphatic carbocycles. The van der Waals surface area contributed by atoms with Gasteiger partial charge in [-0.3, -0.25) is 0 Å². The first kappa shape index (κ1) is 17.7. The van der Waals surface area contributed by atoms with Gasteiger partial charge in [-0.2, -0.15) is 0 Å². The predicted octanol–water partition coefficient (Wildman–Crippen LogP) is 3.07. The first-order valence-corrected chi connectivity index (χ1v) is 9.02. The predicted molar refractivity (Wildman–Crippen MR) is 101 cm³/mol. The Bertz CT molecular complexity index is 750. The number of benzene rings is 1. The van der Waals surface area contributed by atoms with Crippen molar-refractivity contribution in [1.29, 1.82) is 0 Å². The molecule has 3 N–H and O–H groups in total. The van der Waals surface area contributed by atoms with E-state index in [1.807, 2.05) is 37.3 Å². The van der Waals surface area contributed by atoms with Gasteiger partial charge in [-0.05, 0) is 56.7 Å². The number of rotatable bonds is 8. The van der Waals surface area contributed by atoms with E-state index in [9.17, 15) is 0 Å². The lowest BCUT2D eigenvalue weighted by molar-refractivity contribution is 0.0905. The summed E-state index contributed by atoms with van der Waals surface area (Å²) in [5.74, 6) is 2.49. The van der Waals surface area contributed by atoms with E-state index < -0.39 is 0 Å². The van der Waals surface area contributed by atoms with Crippen molar-refractivity contribution in [3.63, 3.8) is 0 Å². The van der Waals surface area contributed by atoms with Crippen molar-refractivity contribution >= 4 is 18.0 Å². The summed E-state index contributed by atoms with van der Waals surface area (Å²) >= 11 is 5.07. The molecule has 1 aromatic carbocycles. The van der Waals surface area contributed by atoms with Gasteiger partial charge in [-0.15, -0.1) is 0 Å². The molecule has 0 fully saturated rings. The molecule has 0 saturated heterocycles. The molecule has 0 saturated carbocycles. The highest BCUT2D eigenvalue weighted by atomic mass is 32.1. The molecule has 3 rings (SSSR count). The van der Waals surface area contributed by atoms with E-state index in [1.54, 1.807) is 0 Å². The Hall–Kier alpha value is -2.12. The van der Waals surface area contributed by atoms with Gasteiger partial charge < -0.3 is 25.1 Å². The van der Waals surface area contributed by atoms with Gasteiger partial charge in [0.05, 0.1) is 0 Å². The van der Waals surface area contributed by atoms with Crippen molar-refractivity contribution in [2.45, 2.75) is 25.9 Å². The van der Waals surface area contributed by atoms with Crippen LogP contribution < -0.4 is 20.1 Å². The van der Waals surface area contributed by atoms with E-state index in [0.29, 0.717) is 11.4 Å². The number of anilines is 1. The third-order valence-electron chi connectivity index (χ3n) is 3.91. The number of hydrogen-bond acceptors (Lipinski definition) is 6. The van der Waals surface area contributed by atoms with E-state index in [1.165, 1.54) is 0 Å². The van der Waals surface area contributed by atoms with Gasteiger partial charge in [0.2, 0.25) is 0 Å². The fraction of sp³-hybridized carbons (Fsp3) is 0.444. The van der Waals surface area contributed by atoms with Crippen molar-refractivity contribution in [2.75, 3.05) is 31.6 Å². The van der Waals surface area contributed by atoms with Gasteiger partial charge in [0.1, 0.15) is 18.5 Å². The number of aromatic nitrogens is 2. The number of aromatic amines is 1. The number of fused-ring (bicyclic) bond motifs is 1. The van der Waals surface area contributed by atoms with Gasteiger partial charge in [0, 0.05) is 18.8 Å². The molecule has 1 aromatic heterocycles. The van der Waals surface area contributed by atoms with Gasteiger partial charge >= 0.3 is 0 Å². The summed E-state index contributed by atoms with van der Waals surface area (Å²) in [4.78, 5) is 7.25. The van der Waals surface area contributed by atoms with Gasteiger partial charge in [-0.25, -0.2) is 4.98 Å². The summed E-state index contributed by atoms with van der Waals surface area (Å²) in [6.07, 6.45) is 2.20. The Balaban J connectivity index is 1.28. The van der Waals surface area contributed by atoms with Gasteiger partial charge in [-0.1, -0.05) is 12.1 Å². The molecule has 1 unspecified atom stereocenters. The van der Waals surface area contributed by atoms with Crippen LogP contribution >= 0.6 is 12.2 Å². The van der Waals surface area contributed by atoms with Crippen LogP contribution in [0.1, 0.15) is 18.5 Å². The van der Waals surface area contributed by atoms with Crippen LogP contribution in [0.5, 0.6) is 11.5 Å². The number of para-hydroxylation sites is 2. The van der Waals surface area contributed by atoms with E-state index in [0.717, 1.165) is 55.5 Å². The minimum atomic E-state index is 0.0613. The van der Waals surface area contributed by atoms with Gasteiger partial charge in [0.25, 0.3) is 0 Å². The van der Waals surface area contributed by atoms with E-state index >= 15 is 0 Å². The van der Waals surface area contributed by atoms with E-state index in [2.05, 4.69) is 20.6 Å². The third-order valence-corrected chi connectivity index (χ3v) is 4.10. The van der Waals surface area contributed by atoms with E-state index in [-0.39, 0.29) is 6.10 Å². The van der Waals surface area contributed by atoms with Crippen LogP contribution in [0.3, 0.4) is 0 Å². The summed E-state index contributed by atoms with van der Waals surface area (Å²) in [6.45, 7) is 5.18. The zero-order chi connectivity index (χ0) is 17.5. The van der Waals surface area contributed by atoms with Crippen LogP contribution in [0.15, 0.2) is 30.3 Å². The highest BCUT2D eigenvalue weighted by molar-refractivity contribution is 7.71. The number of aryl methyl sites for hydroxylation is 1. The summed E-state index contributed by atoms with van der Waals surface area (Å²) in [5.41, 5.74) is 1.01. The lowest BCUT2D eigenvalue weighted by Gasteiger charge is -2.26. The second-order valence-electron chi connectivity index (χ2n) is 6.09. The summed E-state index contributed by atoms with van der Waals surface area (Å²) in [7, 11) is 0. The highest BCUT2D eigenvalue weighted by Crippen LogP contribution is 2.30. The summed E-state index contributed by atoms with van der Waals surface area (Å²) in [5, 5.41) is 6.74. The first-order valence-electron chi connectivity index (χ1n) is 8.62. The second kappa shape index (κ2) is 8.82. The average Bonchev–Trinajstić information content (AvgIpc) is 2.60. The van der Waals surface area contributed by atoms with Crippen LogP contribution in [-0.2, 0) is 0 Å². The maximum atomic E-state index is 5.92. The quantitative estimate of drug-likeness (QED) is 0.496. The van der Waals surface area contributed by atoms with Crippen molar-refractivity contribution in [3.8, 4) is 11.5 Å². The molecule has 0 amide bonds. The minimum Gasteiger partial charge on any atom is -0.486 e. The summed E-state index contributed by atoms with van der Waals surface area (Å²) < 4.78 is 12.1. The monoisotopic (exact) mass is 360 g/mol. The molecule has 6 nitrogen and oxygen atoms in total. The average molecular weight is 360 g/mol. The number of ether oxygens (including phenoxy) is 2. The van der Waals surface area contributed by atoms with Crippen LogP contribution in [0.2, 0.25) is 0 Å². The molecule has 2 aromatic rings. The molecule has 1 aliphatic heterocycles. The minimum absolute atomic E-state index is 0.0613. The lowest BCUT2D eigenvalue weighted by atomic mass is 10.2. The number of nitrogens with one attached hydrogen (secondary N) is 3. The molecule has 1 aliphatic rings. The Morgan fingerprint density at radius 1 is 1.24 bits per heavy atom. The van der Waals surface area contributed by atoms with Crippen molar-refractivity contribution < 1.29 is 9.47 Å². The molecule has 1 atom stereocenters. The molecule has 0 spiro atoms. The number of unbranched alkanes of at least 4 members (excludes halogenated alkanes) is 1. The molecule has 0 radical (unpaired) electrons. The van der Waals surface area contributed by atoms with Gasteiger partial charge in [0.15, 0.2) is 16.3 Å². The zero-order valence-corrected chi connectivity index (χ0v) is 15.2. The van der Waals surface area contributed by atoms with Crippen molar-refractivity contribution in [1.82, 2.24) is 15.3 Å². The first-order chi connectivity index (χ1) is 12.2. The Morgan fingerprint density at radius 2 is 2.04 bits per heavy atom. The number of H-pyrrole nitrogens is 1. The molecule has 7 heteroatoms. The molecular formula is C18H24N4O2S. The SMILES string of the molecule is Cc1cc(NCCCCNCC2COc3ccccc3O2)nc(=S)[nH]1. The second-order valence-corrected chi connectivity index (χ2v) is 6.48. The molecular weight excluding hydrogens is 336 g/mol. The summed E-state index contributed by atoms with van der Waals surface area (Å²) in [6, 6.07) is 9.75. The lowest BCUT2D eigenvalue weighted by Crippen LogP contribution is -2.38. The fourth-order valence-electron chi connectivity index (χ4n) is 2.69.